The number of nitrogens with zero attached hydrogens (tertiary/aromatic N) is 5. The largest absolute Gasteiger partial charge is 0.295 e. The predicted molar refractivity (Wildman–Crippen MR) is 77.3 cm³/mol. The first-order valence-electron chi connectivity index (χ1n) is 6.31. The molecule has 0 aliphatic carbocycles. The van der Waals surface area contributed by atoms with Crippen molar-refractivity contribution in [3.63, 3.8) is 0 Å². The van der Waals surface area contributed by atoms with Crippen molar-refractivity contribution in [2.45, 2.75) is 13.8 Å². The van der Waals surface area contributed by atoms with Gasteiger partial charge in [-0.05, 0) is 31.2 Å². The van der Waals surface area contributed by atoms with Gasteiger partial charge in [-0.1, -0.05) is 22.8 Å². The number of H-pyrrole nitrogens is 2. The molecule has 2 heterocycles. The summed E-state index contributed by atoms with van der Waals surface area (Å²) < 4.78 is 1.48. The lowest BCUT2D eigenvalue weighted by Gasteiger charge is -2.01. The molecule has 0 saturated heterocycles. The molecule has 2 N–H and O–H groups in total. The Labute approximate surface area is 119 Å². The Morgan fingerprint density at radius 3 is 2.67 bits per heavy atom. The normalized spacial score (nSPS) is 11.3. The van der Waals surface area contributed by atoms with E-state index in [2.05, 4.69) is 30.7 Å². The predicted octanol–water partition coefficient (Wildman–Crippen LogP) is 1.05. The molecule has 0 fully saturated rings. The summed E-state index contributed by atoms with van der Waals surface area (Å²) in [6.45, 7) is 3.80. The highest BCUT2D eigenvalue weighted by atomic mass is 16.1. The molecule has 8 heteroatoms. The van der Waals surface area contributed by atoms with Gasteiger partial charge in [0.2, 0.25) is 0 Å². The molecule has 0 aliphatic rings. The lowest BCUT2D eigenvalue weighted by molar-refractivity contribution is 0.835. The van der Waals surface area contributed by atoms with Gasteiger partial charge in [-0.3, -0.25) is 9.89 Å². The van der Waals surface area contributed by atoms with E-state index in [0.29, 0.717) is 11.3 Å². The number of hydrogen-bond donors (Lipinski definition) is 2. The van der Waals surface area contributed by atoms with Crippen LogP contribution < -0.4 is 5.56 Å². The third-order valence-corrected chi connectivity index (χ3v) is 3.05. The minimum Gasteiger partial charge on any atom is -0.295 e. The molecular formula is C13H13N7O. The second kappa shape index (κ2) is 5.16. The van der Waals surface area contributed by atoms with Gasteiger partial charge >= 0.3 is 0 Å². The molecule has 0 atom stereocenters. The summed E-state index contributed by atoms with van der Waals surface area (Å²) in [5.41, 5.74) is 2.90. The van der Waals surface area contributed by atoms with Crippen LogP contribution in [0, 0.1) is 13.8 Å². The molecular weight excluding hydrogens is 270 g/mol. The maximum Gasteiger partial charge on any atom is 0.288 e. The minimum absolute atomic E-state index is 0.177. The summed E-state index contributed by atoms with van der Waals surface area (Å²) in [5.74, 6) is 0.178. The van der Waals surface area contributed by atoms with E-state index in [9.17, 15) is 4.79 Å². The summed E-state index contributed by atoms with van der Waals surface area (Å²) in [6.07, 6.45) is 1.43. The zero-order chi connectivity index (χ0) is 14.8. The van der Waals surface area contributed by atoms with Crippen molar-refractivity contribution in [3.05, 3.63) is 51.4 Å². The molecule has 8 nitrogen and oxygen atoms in total. The Morgan fingerprint density at radius 2 is 2.00 bits per heavy atom. The molecule has 21 heavy (non-hydrogen) atoms. The van der Waals surface area contributed by atoms with E-state index >= 15 is 0 Å². The van der Waals surface area contributed by atoms with Gasteiger partial charge in [0, 0.05) is 11.9 Å². The molecule has 1 aromatic carbocycles. The number of benzene rings is 1. The number of aliphatic imine (C=N–C) groups is 1. The quantitative estimate of drug-likeness (QED) is 0.701. The van der Waals surface area contributed by atoms with E-state index in [-0.39, 0.29) is 11.5 Å². The zero-order valence-electron chi connectivity index (χ0n) is 11.5. The van der Waals surface area contributed by atoms with Gasteiger partial charge in [0.05, 0.1) is 11.3 Å². The first kappa shape index (κ1) is 13.0. The summed E-state index contributed by atoms with van der Waals surface area (Å²) in [7, 11) is 0. The molecule has 0 bridgehead atoms. The highest BCUT2D eigenvalue weighted by Gasteiger charge is 2.10. The first-order chi connectivity index (χ1) is 10.1. The summed E-state index contributed by atoms with van der Waals surface area (Å²) in [6, 6.07) is 7.66. The number of aromatic amines is 2. The fourth-order valence-corrected chi connectivity index (χ4v) is 1.92. The van der Waals surface area contributed by atoms with Crippen molar-refractivity contribution in [1.82, 2.24) is 30.4 Å². The van der Waals surface area contributed by atoms with Crippen LogP contribution in [0.2, 0.25) is 0 Å². The number of tetrazole rings is 1. The van der Waals surface area contributed by atoms with Crippen LogP contribution in [0.5, 0.6) is 0 Å². The van der Waals surface area contributed by atoms with Gasteiger partial charge in [-0.15, -0.1) is 5.10 Å². The highest BCUT2D eigenvalue weighted by Crippen LogP contribution is 2.08. The Bertz CT molecular complexity index is 825. The van der Waals surface area contributed by atoms with Gasteiger partial charge in [0.1, 0.15) is 0 Å². The van der Waals surface area contributed by atoms with Crippen LogP contribution in [-0.2, 0) is 0 Å². The minimum atomic E-state index is -0.177. The van der Waals surface area contributed by atoms with E-state index < -0.39 is 0 Å². The number of hydrogen-bond acceptors (Lipinski definition) is 5. The van der Waals surface area contributed by atoms with Crippen molar-refractivity contribution in [2.24, 2.45) is 4.99 Å². The number of nitrogens with one attached hydrogen (secondary N) is 2. The second-order valence-corrected chi connectivity index (χ2v) is 4.60. The molecule has 0 spiro atoms. The van der Waals surface area contributed by atoms with Crippen LogP contribution in [0.4, 0.5) is 5.95 Å². The van der Waals surface area contributed by atoms with Gasteiger partial charge in [0.25, 0.3) is 11.5 Å². The maximum absolute atomic E-state index is 12.4. The van der Waals surface area contributed by atoms with Crippen LogP contribution >= 0.6 is 0 Å². The SMILES string of the molecule is Cc1ccc(-n2[nH]c(C)c(/C=N/c3nn[nH]n3)c2=O)cc1. The van der Waals surface area contributed by atoms with E-state index in [0.717, 1.165) is 11.3 Å². The lowest BCUT2D eigenvalue weighted by Crippen LogP contribution is -2.17. The summed E-state index contributed by atoms with van der Waals surface area (Å²) >= 11 is 0. The van der Waals surface area contributed by atoms with Crippen molar-refractivity contribution in [3.8, 4) is 5.69 Å². The number of aromatic nitrogens is 6. The molecule has 3 aromatic rings. The standard InChI is InChI=1S/C13H13N7O/c1-8-3-5-10(6-4-8)20-12(21)11(9(2)17-20)7-14-13-15-18-19-16-13/h3-7,17H,1-2H3,(H,15,16,18,19)/b14-7+. The third-order valence-electron chi connectivity index (χ3n) is 3.05. The van der Waals surface area contributed by atoms with Crippen LogP contribution in [0.25, 0.3) is 5.69 Å². The van der Waals surface area contributed by atoms with E-state index in [1.165, 1.54) is 10.9 Å². The summed E-state index contributed by atoms with van der Waals surface area (Å²) in [5, 5.41) is 16.1. The average molecular weight is 283 g/mol. The van der Waals surface area contributed by atoms with Gasteiger partial charge in [0.15, 0.2) is 0 Å². The lowest BCUT2D eigenvalue weighted by atomic mass is 10.2. The van der Waals surface area contributed by atoms with E-state index in [1.807, 2.05) is 38.1 Å². The van der Waals surface area contributed by atoms with Crippen molar-refractivity contribution in [2.75, 3.05) is 0 Å². The molecule has 0 radical (unpaired) electrons. The fraction of sp³-hybridized carbons (Fsp3) is 0.154. The third kappa shape index (κ3) is 2.50. The molecule has 0 aliphatic heterocycles. The highest BCUT2D eigenvalue weighted by molar-refractivity contribution is 5.82. The maximum atomic E-state index is 12.4. The van der Waals surface area contributed by atoms with Gasteiger partial charge in [-0.2, -0.15) is 5.21 Å². The molecule has 0 amide bonds. The van der Waals surface area contributed by atoms with Crippen molar-refractivity contribution in [1.29, 1.82) is 0 Å². The Balaban J connectivity index is 2.00. The Morgan fingerprint density at radius 1 is 1.24 bits per heavy atom. The molecule has 0 unspecified atom stereocenters. The fourth-order valence-electron chi connectivity index (χ4n) is 1.92. The topological polar surface area (TPSA) is 105 Å². The van der Waals surface area contributed by atoms with Crippen molar-refractivity contribution >= 4 is 12.2 Å². The number of aryl methyl sites for hydroxylation is 2. The van der Waals surface area contributed by atoms with Crippen LogP contribution in [0.1, 0.15) is 16.8 Å². The molecule has 106 valence electrons. The Kier molecular flexibility index (Phi) is 3.19. The molecule has 0 saturated carbocycles. The smallest absolute Gasteiger partial charge is 0.288 e. The average Bonchev–Trinajstić information content (AvgIpc) is 3.07. The van der Waals surface area contributed by atoms with Gasteiger partial charge in [-0.25, -0.2) is 9.67 Å². The monoisotopic (exact) mass is 283 g/mol. The van der Waals surface area contributed by atoms with Gasteiger partial charge < -0.3 is 0 Å². The van der Waals surface area contributed by atoms with Crippen molar-refractivity contribution < 1.29 is 0 Å². The Hall–Kier alpha value is -3.03. The van der Waals surface area contributed by atoms with E-state index in [1.54, 1.807) is 0 Å². The van der Waals surface area contributed by atoms with Crippen LogP contribution in [0.3, 0.4) is 0 Å². The summed E-state index contributed by atoms with van der Waals surface area (Å²) in [4.78, 5) is 16.4. The number of rotatable bonds is 3. The van der Waals surface area contributed by atoms with Crippen LogP contribution in [-0.4, -0.2) is 36.6 Å². The first-order valence-corrected chi connectivity index (χ1v) is 6.31. The molecule has 3 rings (SSSR count). The second-order valence-electron chi connectivity index (χ2n) is 4.60. The van der Waals surface area contributed by atoms with E-state index in [4.69, 9.17) is 0 Å². The zero-order valence-corrected chi connectivity index (χ0v) is 11.5. The molecule has 2 aromatic heterocycles. The van der Waals surface area contributed by atoms with Crippen LogP contribution in [0.15, 0.2) is 34.1 Å².